The lowest BCUT2D eigenvalue weighted by atomic mass is 10.2. The predicted molar refractivity (Wildman–Crippen MR) is 80.2 cm³/mol. The Balaban J connectivity index is 1.87. The molecule has 0 radical (unpaired) electrons. The smallest absolute Gasteiger partial charge is 0.246 e. The highest BCUT2D eigenvalue weighted by Gasteiger charge is 2.30. The largest absolute Gasteiger partial charge is 0.369 e. The van der Waals surface area contributed by atoms with Crippen molar-refractivity contribution in [3.05, 3.63) is 47.0 Å². The Hall–Kier alpha value is -1.82. The first-order valence-electron chi connectivity index (χ1n) is 6.48. The van der Waals surface area contributed by atoms with Crippen molar-refractivity contribution in [1.82, 2.24) is 9.55 Å². The molecule has 1 fully saturated rings. The van der Waals surface area contributed by atoms with Crippen molar-refractivity contribution in [2.24, 2.45) is 5.73 Å². The molecule has 0 spiro atoms. The van der Waals surface area contributed by atoms with Crippen LogP contribution in [0.2, 0.25) is 0 Å². The summed E-state index contributed by atoms with van der Waals surface area (Å²) in [5.41, 5.74) is 7.21. The summed E-state index contributed by atoms with van der Waals surface area (Å²) in [6.07, 6.45) is 5.74. The summed E-state index contributed by atoms with van der Waals surface area (Å²) in [6.45, 7) is 0. The monoisotopic (exact) mass is 334 g/mol. The van der Waals surface area contributed by atoms with Crippen molar-refractivity contribution < 1.29 is 4.79 Å². The van der Waals surface area contributed by atoms with E-state index in [2.05, 4.69) is 26.2 Å². The molecule has 0 aliphatic heterocycles. The minimum absolute atomic E-state index is 0.407. The van der Waals surface area contributed by atoms with Crippen molar-refractivity contribution in [1.29, 1.82) is 0 Å². The number of hydrogen-bond acceptors (Lipinski definition) is 3. The number of benzene rings is 1. The number of carbonyl (C=O) groups excluding carboxylic acids is 1. The lowest BCUT2D eigenvalue weighted by Gasteiger charge is -2.18. The van der Waals surface area contributed by atoms with Gasteiger partial charge in [0, 0.05) is 16.2 Å². The van der Waals surface area contributed by atoms with E-state index >= 15 is 0 Å². The lowest BCUT2D eigenvalue weighted by molar-refractivity contribution is -0.119. The number of carbonyl (C=O) groups is 1. The number of nitrogens with zero attached hydrogens (tertiary/aromatic N) is 2. The molecule has 1 amide bonds. The average molecular weight is 335 g/mol. The number of nitrogens with one attached hydrogen (secondary N) is 1. The van der Waals surface area contributed by atoms with Crippen LogP contribution in [0.25, 0.3) is 0 Å². The van der Waals surface area contributed by atoms with Crippen molar-refractivity contribution in [3.63, 3.8) is 0 Å². The third kappa shape index (κ3) is 2.70. The number of imidazole rings is 1. The van der Waals surface area contributed by atoms with Crippen molar-refractivity contribution >= 4 is 27.5 Å². The lowest BCUT2D eigenvalue weighted by Crippen LogP contribution is -2.29. The Morgan fingerprint density at radius 1 is 1.40 bits per heavy atom. The fourth-order valence-corrected chi connectivity index (χ4v) is 2.46. The van der Waals surface area contributed by atoms with Crippen LogP contribution in [0.4, 0.5) is 5.69 Å². The molecule has 1 unspecified atom stereocenters. The Morgan fingerprint density at radius 3 is 2.70 bits per heavy atom. The molecule has 1 aliphatic rings. The second-order valence-corrected chi connectivity index (χ2v) is 5.86. The summed E-state index contributed by atoms with van der Waals surface area (Å²) >= 11 is 3.38. The number of halogens is 1. The van der Waals surface area contributed by atoms with E-state index in [1.54, 1.807) is 12.5 Å². The molecule has 104 valence electrons. The van der Waals surface area contributed by atoms with Crippen molar-refractivity contribution in [2.75, 3.05) is 5.32 Å². The van der Waals surface area contributed by atoms with E-state index in [0.29, 0.717) is 6.04 Å². The van der Waals surface area contributed by atoms with Gasteiger partial charge in [0.25, 0.3) is 0 Å². The summed E-state index contributed by atoms with van der Waals surface area (Å²) in [4.78, 5) is 15.9. The van der Waals surface area contributed by atoms with E-state index in [1.807, 2.05) is 28.8 Å². The highest BCUT2D eigenvalue weighted by atomic mass is 79.9. The third-order valence-electron chi connectivity index (χ3n) is 3.37. The summed E-state index contributed by atoms with van der Waals surface area (Å²) in [5.74, 6) is -0.407. The predicted octanol–water partition coefficient (Wildman–Crippen LogP) is 2.62. The van der Waals surface area contributed by atoms with Crippen LogP contribution in [0, 0.1) is 0 Å². The molecule has 1 saturated carbocycles. The molecule has 3 N–H and O–H groups in total. The molecule has 6 heteroatoms. The Morgan fingerprint density at radius 2 is 2.10 bits per heavy atom. The molecule has 1 heterocycles. The van der Waals surface area contributed by atoms with Gasteiger partial charge in [0.05, 0.1) is 18.2 Å². The van der Waals surface area contributed by atoms with Gasteiger partial charge < -0.3 is 15.6 Å². The molecule has 1 aromatic carbocycles. The maximum atomic E-state index is 11.8. The minimum atomic E-state index is -0.570. The first kappa shape index (κ1) is 13.2. The molecule has 2 aromatic rings. The van der Waals surface area contributed by atoms with E-state index in [0.717, 1.165) is 28.7 Å². The summed E-state index contributed by atoms with van der Waals surface area (Å²) < 4.78 is 3.03. The third-order valence-corrected chi connectivity index (χ3v) is 3.90. The van der Waals surface area contributed by atoms with Crippen LogP contribution in [0.15, 0.2) is 41.3 Å². The van der Waals surface area contributed by atoms with Gasteiger partial charge >= 0.3 is 0 Å². The first-order valence-corrected chi connectivity index (χ1v) is 7.27. The SMILES string of the molecule is NC(=O)C(Nc1ccc(Br)cc1)c1cncn1C1CC1. The number of amides is 1. The number of anilines is 1. The van der Waals surface area contributed by atoms with Gasteiger partial charge in [-0.1, -0.05) is 15.9 Å². The highest BCUT2D eigenvalue weighted by molar-refractivity contribution is 9.10. The van der Waals surface area contributed by atoms with E-state index in [9.17, 15) is 4.79 Å². The fourth-order valence-electron chi connectivity index (χ4n) is 2.20. The van der Waals surface area contributed by atoms with Gasteiger partial charge in [0.15, 0.2) is 0 Å². The quantitative estimate of drug-likeness (QED) is 0.882. The molecular weight excluding hydrogens is 320 g/mol. The molecule has 0 saturated heterocycles. The van der Waals surface area contributed by atoms with Crippen LogP contribution in [-0.4, -0.2) is 15.5 Å². The number of hydrogen-bond donors (Lipinski definition) is 2. The normalized spacial score (nSPS) is 15.8. The zero-order chi connectivity index (χ0) is 14.1. The van der Waals surface area contributed by atoms with Gasteiger partial charge in [-0.2, -0.15) is 0 Å². The molecular formula is C14H15BrN4O. The maximum absolute atomic E-state index is 11.8. The zero-order valence-corrected chi connectivity index (χ0v) is 12.4. The maximum Gasteiger partial charge on any atom is 0.246 e. The van der Waals surface area contributed by atoms with E-state index < -0.39 is 11.9 Å². The Kier molecular flexibility index (Phi) is 3.48. The van der Waals surface area contributed by atoms with Crippen LogP contribution >= 0.6 is 15.9 Å². The van der Waals surface area contributed by atoms with Crippen LogP contribution < -0.4 is 11.1 Å². The van der Waals surface area contributed by atoms with Gasteiger partial charge in [-0.3, -0.25) is 4.79 Å². The van der Waals surface area contributed by atoms with Crippen LogP contribution in [0.3, 0.4) is 0 Å². The molecule has 5 nitrogen and oxygen atoms in total. The van der Waals surface area contributed by atoms with Crippen molar-refractivity contribution in [2.45, 2.75) is 24.9 Å². The number of aromatic nitrogens is 2. The van der Waals surface area contributed by atoms with Gasteiger partial charge in [-0.25, -0.2) is 4.98 Å². The molecule has 20 heavy (non-hydrogen) atoms. The number of rotatable bonds is 5. The van der Waals surface area contributed by atoms with Gasteiger partial charge in [0.2, 0.25) is 5.91 Å². The summed E-state index contributed by atoms with van der Waals surface area (Å²) in [5, 5.41) is 3.17. The van der Waals surface area contributed by atoms with E-state index in [-0.39, 0.29) is 0 Å². The van der Waals surface area contributed by atoms with Crippen LogP contribution in [0.5, 0.6) is 0 Å². The zero-order valence-electron chi connectivity index (χ0n) is 10.8. The Labute approximate surface area is 125 Å². The number of nitrogens with two attached hydrogens (primary N) is 1. The van der Waals surface area contributed by atoms with Gasteiger partial charge in [-0.15, -0.1) is 0 Å². The van der Waals surface area contributed by atoms with E-state index in [4.69, 9.17) is 5.73 Å². The molecule has 0 bridgehead atoms. The van der Waals surface area contributed by atoms with Crippen molar-refractivity contribution in [3.8, 4) is 0 Å². The summed E-state index contributed by atoms with van der Waals surface area (Å²) in [7, 11) is 0. The molecule has 1 aromatic heterocycles. The second kappa shape index (κ2) is 5.28. The second-order valence-electron chi connectivity index (χ2n) is 4.94. The molecule has 1 atom stereocenters. The standard InChI is InChI=1S/C14H15BrN4O/c15-9-1-3-10(4-2-9)18-13(14(16)20)12-7-17-8-19(12)11-5-6-11/h1-4,7-8,11,13,18H,5-6H2,(H2,16,20). The topological polar surface area (TPSA) is 72.9 Å². The minimum Gasteiger partial charge on any atom is -0.369 e. The fraction of sp³-hybridized carbons (Fsp3) is 0.286. The van der Waals surface area contributed by atoms with Gasteiger partial charge in [0.1, 0.15) is 6.04 Å². The average Bonchev–Trinajstić information content (AvgIpc) is 3.16. The summed E-state index contributed by atoms with van der Waals surface area (Å²) in [6, 6.07) is 7.52. The van der Waals surface area contributed by atoms with Gasteiger partial charge in [-0.05, 0) is 37.1 Å². The Bertz CT molecular complexity index is 618. The highest BCUT2D eigenvalue weighted by Crippen LogP contribution is 2.37. The molecule has 3 rings (SSSR count). The molecule has 1 aliphatic carbocycles. The first-order chi connectivity index (χ1) is 9.65. The number of primary amides is 1. The van der Waals surface area contributed by atoms with Crippen LogP contribution in [-0.2, 0) is 4.79 Å². The van der Waals surface area contributed by atoms with E-state index in [1.165, 1.54) is 0 Å². The van der Waals surface area contributed by atoms with Crippen LogP contribution in [0.1, 0.15) is 30.6 Å².